The Morgan fingerprint density at radius 1 is 1.44 bits per heavy atom. The fraction of sp³-hybridized carbons (Fsp3) is 0.100. The molecule has 0 saturated carbocycles. The lowest BCUT2D eigenvalue weighted by molar-refractivity contribution is -0.390. The molecule has 1 heterocycles. The molecule has 0 saturated heterocycles. The van der Waals surface area contributed by atoms with Crippen molar-refractivity contribution in [3.63, 3.8) is 0 Å². The van der Waals surface area contributed by atoms with Gasteiger partial charge < -0.3 is 10.1 Å². The van der Waals surface area contributed by atoms with Crippen molar-refractivity contribution >= 4 is 49.3 Å². The van der Waals surface area contributed by atoms with Gasteiger partial charge in [-0.2, -0.15) is 4.68 Å². The molecule has 0 atom stereocenters. The van der Waals surface area contributed by atoms with Crippen molar-refractivity contribution in [3.8, 4) is 0 Å². The van der Waals surface area contributed by atoms with E-state index in [9.17, 15) is 10.1 Å². The third-order valence-electron chi connectivity index (χ3n) is 2.22. The van der Waals surface area contributed by atoms with Gasteiger partial charge in [-0.15, -0.1) is 0 Å². The zero-order valence-corrected chi connectivity index (χ0v) is 12.7. The first kappa shape index (κ1) is 13.5. The number of aromatic nitrogens is 2. The molecule has 0 aliphatic heterocycles. The van der Waals surface area contributed by atoms with Crippen LogP contribution in [0.4, 0.5) is 5.82 Å². The summed E-state index contributed by atoms with van der Waals surface area (Å²) in [5.74, 6) is -0.205. The van der Waals surface area contributed by atoms with E-state index in [-0.39, 0.29) is 5.82 Å². The highest BCUT2D eigenvalue weighted by Crippen LogP contribution is 2.25. The van der Waals surface area contributed by atoms with Crippen LogP contribution in [0.5, 0.6) is 0 Å². The van der Waals surface area contributed by atoms with Gasteiger partial charge in [0, 0.05) is 9.50 Å². The molecule has 0 N–H and O–H groups in total. The van der Waals surface area contributed by atoms with E-state index >= 15 is 0 Å². The van der Waals surface area contributed by atoms with Gasteiger partial charge in [0.25, 0.3) is 0 Å². The van der Waals surface area contributed by atoms with Gasteiger partial charge in [-0.1, -0.05) is 33.6 Å². The van der Waals surface area contributed by atoms with E-state index in [2.05, 4.69) is 37.0 Å². The van der Waals surface area contributed by atoms with Crippen molar-refractivity contribution in [2.24, 2.45) is 0 Å². The number of rotatable bonds is 3. The van der Waals surface area contributed by atoms with Crippen LogP contribution in [0.3, 0.4) is 0 Å². The quantitative estimate of drug-likeness (QED) is 0.583. The lowest BCUT2D eigenvalue weighted by atomic mass is 10.2. The Morgan fingerprint density at radius 3 is 2.72 bits per heavy atom. The Balaban J connectivity index is 2.29. The topological polar surface area (TPSA) is 61.0 Å². The molecule has 94 valence electrons. The van der Waals surface area contributed by atoms with Gasteiger partial charge >= 0.3 is 5.82 Å². The molecular weight excluding hydrogens is 389 g/mol. The maximum Gasteiger partial charge on any atom is 0.404 e. The summed E-state index contributed by atoms with van der Waals surface area (Å²) in [4.78, 5) is 10.1. The number of nitrogens with zero attached hydrogens (tertiary/aromatic N) is 3. The van der Waals surface area contributed by atoms with Crippen LogP contribution in [0.25, 0.3) is 0 Å². The van der Waals surface area contributed by atoms with Gasteiger partial charge in [0.2, 0.25) is 0 Å². The minimum atomic E-state index is -0.538. The van der Waals surface area contributed by atoms with E-state index in [1.807, 2.05) is 12.1 Å². The normalized spacial score (nSPS) is 10.6. The van der Waals surface area contributed by atoms with Crippen molar-refractivity contribution in [1.29, 1.82) is 0 Å². The molecule has 1 aromatic heterocycles. The van der Waals surface area contributed by atoms with Gasteiger partial charge in [0.05, 0.1) is 17.8 Å². The molecule has 18 heavy (non-hydrogen) atoms. The zero-order chi connectivity index (χ0) is 13.3. The van der Waals surface area contributed by atoms with Crippen LogP contribution in [0.2, 0.25) is 5.02 Å². The second-order valence-corrected chi connectivity index (χ2v) is 5.67. The monoisotopic (exact) mass is 393 g/mol. The summed E-state index contributed by atoms with van der Waals surface area (Å²) in [6, 6.07) is 5.46. The average Bonchev–Trinajstić information content (AvgIpc) is 2.64. The maximum absolute atomic E-state index is 10.7. The molecule has 8 heteroatoms. The molecular formula is C10H6Br2ClN3O2. The van der Waals surface area contributed by atoms with E-state index in [0.717, 1.165) is 10.0 Å². The van der Waals surface area contributed by atoms with E-state index in [0.29, 0.717) is 16.0 Å². The first-order valence-electron chi connectivity index (χ1n) is 4.78. The standard InChI is InChI=1S/C10H6Br2ClN3O2/c11-7-2-1-6(9(13)3-7)4-15-5-8(12)10(14-15)16(17)18/h1-3,5H,4H2. The Hall–Kier alpha value is -0.920. The fourth-order valence-electron chi connectivity index (χ4n) is 1.42. The lowest BCUT2D eigenvalue weighted by Gasteiger charge is -2.02. The predicted molar refractivity (Wildman–Crippen MR) is 74.8 cm³/mol. The van der Waals surface area contributed by atoms with Gasteiger partial charge in [0.1, 0.15) is 4.47 Å². The second kappa shape index (κ2) is 5.38. The fourth-order valence-corrected chi connectivity index (χ4v) is 2.61. The van der Waals surface area contributed by atoms with E-state index in [1.165, 1.54) is 4.68 Å². The van der Waals surface area contributed by atoms with Crippen molar-refractivity contribution in [2.75, 3.05) is 0 Å². The number of halogens is 3. The molecule has 0 fully saturated rings. The van der Waals surface area contributed by atoms with Crippen molar-refractivity contribution < 1.29 is 4.92 Å². The third-order valence-corrected chi connectivity index (χ3v) is 3.62. The summed E-state index contributed by atoms with van der Waals surface area (Å²) < 4.78 is 2.70. The Labute approximate surface area is 124 Å². The van der Waals surface area contributed by atoms with Crippen LogP contribution in [0.15, 0.2) is 33.3 Å². The lowest BCUT2D eigenvalue weighted by Crippen LogP contribution is -2.01. The van der Waals surface area contributed by atoms with Crippen LogP contribution >= 0.6 is 43.5 Å². The molecule has 0 spiro atoms. The van der Waals surface area contributed by atoms with Gasteiger partial charge in [-0.3, -0.25) is 0 Å². The molecule has 2 rings (SSSR count). The van der Waals surface area contributed by atoms with Gasteiger partial charge in [0.15, 0.2) is 0 Å². The van der Waals surface area contributed by atoms with Gasteiger partial charge in [-0.25, -0.2) is 0 Å². The highest BCUT2D eigenvalue weighted by atomic mass is 79.9. The number of hydrogen-bond donors (Lipinski definition) is 0. The molecule has 0 unspecified atom stereocenters. The third kappa shape index (κ3) is 2.90. The predicted octanol–water partition coefficient (Wildman–Crippen LogP) is 4.02. The minimum Gasteiger partial charge on any atom is -0.358 e. The van der Waals surface area contributed by atoms with E-state index < -0.39 is 4.92 Å². The summed E-state index contributed by atoms with van der Waals surface area (Å²) in [5.41, 5.74) is 0.838. The molecule has 0 aliphatic carbocycles. The van der Waals surface area contributed by atoms with E-state index in [4.69, 9.17) is 11.6 Å². The molecule has 0 amide bonds. The number of hydrogen-bond acceptors (Lipinski definition) is 3. The number of benzene rings is 1. The molecule has 1 aromatic carbocycles. The smallest absolute Gasteiger partial charge is 0.358 e. The van der Waals surface area contributed by atoms with Crippen LogP contribution in [-0.4, -0.2) is 14.7 Å². The average molecular weight is 395 g/mol. The number of nitro groups is 1. The summed E-state index contributed by atoms with van der Waals surface area (Å²) in [6.45, 7) is 0.374. The van der Waals surface area contributed by atoms with E-state index in [1.54, 1.807) is 12.3 Å². The van der Waals surface area contributed by atoms with Crippen LogP contribution in [0, 0.1) is 10.1 Å². The minimum absolute atomic E-state index is 0.205. The van der Waals surface area contributed by atoms with Gasteiger partial charge in [-0.05, 0) is 38.5 Å². The highest BCUT2D eigenvalue weighted by molar-refractivity contribution is 9.10. The largest absolute Gasteiger partial charge is 0.404 e. The molecule has 0 radical (unpaired) electrons. The van der Waals surface area contributed by atoms with Crippen molar-refractivity contribution in [1.82, 2.24) is 9.78 Å². The maximum atomic E-state index is 10.7. The summed E-state index contributed by atoms with van der Waals surface area (Å²) >= 11 is 12.5. The highest BCUT2D eigenvalue weighted by Gasteiger charge is 2.18. The Bertz CT molecular complexity index is 615. The SMILES string of the molecule is O=[N+]([O-])c1nn(Cc2ccc(Br)cc2Cl)cc1Br. The summed E-state index contributed by atoms with van der Waals surface area (Å²) in [7, 11) is 0. The van der Waals surface area contributed by atoms with Crippen LogP contribution in [-0.2, 0) is 6.54 Å². The molecule has 5 nitrogen and oxygen atoms in total. The Morgan fingerprint density at radius 2 is 2.17 bits per heavy atom. The summed E-state index contributed by atoms with van der Waals surface area (Å²) in [6.07, 6.45) is 1.55. The first-order chi connectivity index (χ1) is 8.47. The van der Waals surface area contributed by atoms with Crippen LogP contribution in [0.1, 0.15) is 5.56 Å². The molecule has 0 aliphatic rings. The second-order valence-electron chi connectivity index (χ2n) is 3.49. The zero-order valence-electron chi connectivity index (χ0n) is 8.81. The molecule has 2 aromatic rings. The van der Waals surface area contributed by atoms with Crippen molar-refractivity contribution in [3.05, 3.63) is 54.0 Å². The Kier molecular flexibility index (Phi) is 4.04. The summed E-state index contributed by atoms with van der Waals surface area (Å²) in [5, 5.41) is 15.1. The molecule has 0 bridgehead atoms. The van der Waals surface area contributed by atoms with Crippen LogP contribution < -0.4 is 0 Å². The van der Waals surface area contributed by atoms with Crippen molar-refractivity contribution in [2.45, 2.75) is 6.54 Å². The first-order valence-corrected chi connectivity index (χ1v) is 6.75.